The Kier molecular flexibility index (Phi) is 7.22. The van der Waals surface area contributed by atoms with Gasteiger partial charge < -0.3 is 10.1 Å². The third-order valence-electron chi connectivity index (χ3n) is 3.87. The fourth-order valence-electron chi connectivity index (χ4n) is 2.55. The molecule has 0 saturated heterocycles. The molecule has 0 bridgehead atoms. The van der Waals surface area contributed by atoms with Crippen molar-refractivity contribution in [3.63, 3.8) is 0 Å². The number of fused-ring (bicyclic) bond motifs is 1. The number of hydrogen-bond acceptors (Lipinski definition) is 6. The van der Waals surface area contributed by atoms with E-state index in [-0.39, 0.29) is 12.5 Å². The summed E-state index contributed by atoms with van der Waals surface area (Å²) < 4.78 is 6.98. The molecule has 0 aliphatic carbocycles. The summed E-state index contributed by atoms with van der Waals surface area (Å²) in [6.07, 6.45) is 4.12. The highest BCUT2D eigenvalue weighted by Gasteiger charge is 2.27. The summed E-state index contributed by atoms with van der Waals surface area (Å²) in [4.78, 5) is 27.4. The Morgan fingerprint density at radius 1 is 1.42 bits per heavy atom. The lowest BCUT2D eigenvalue weighted by atomic mass is 10.0. The zero-order valence-electron chi connectivity index (χ0n) is 15.2. The minimum atomic E-state index is -0.689. The van der Waals surface area contributed by atoms with Crippen LogP contribution in [0.25, 0.3) is 10.9 Å². The van der Waals surface area contributed by atoms with Gasteiger partial charge in [-0.3, -0.25) is 9.78 Å². The summed E-state index contributed by atoms with van der Waals surface area (Å²) in [6, 6.07) is 5.82. The van der Waals surface area contributed by atoms with Crippen molar-refractivity contribution in [2.45, 2.75) is 38.2 Å². The van der Waals surface area contributed by atoms with E-state index in [1.807, 2.05) is 51.4 Å². The number of nitrogens with zero attached hydrogens (tertiary/aromatic N) is 2. The van der Waals surface area contributed by atoms with Gasteiger partial charge in [0.25, 0.3) is 5.91 Å². The maximum Gasteiger partial charge on any atom is 0.272 e. The van der Waals surface area contributed by atoms with Crippen LogP contribution in [-0.2, 0) is 4.79 Å². The topological polar surface area (TPSA) is 80.7 Å². The predicted molar refractivity (Wildman–Crippen MR) is 115 cm³/mol. The lowest BCUT2D eigenvalue weighted by Crippen LogP contribution is -2.48. The molecule has 0 spiro atoms. The van der Waals surface area contributed by atoms with Gasteiger partial charge in [-0.15, -0.1) is 11.8 Å². The Labute approximate surface area is 171 Å². The highest BCUT2D eigenvalue weighted by molar-refractivity contribution is 14.1. The monoisotopic (exact) mass is 487 g/mol. The molecule has 0 radical (unpaired) electrons. The number of ether oxygens (including phenoxy) is 1. The molecule has 6 nitrogen and oxygen atoms in total. The number of halogens is 1. The van der Waals surface area contributed by atoms with Gasteiger partial charge >= 0.3 is 0 Å². The number of thioether (sulfide) groups is 1. The van der Waals surface area contributed by atoms with Crippen molar-refractivity contribution >= 4 is 51.2 Å². The minimum absolute atomic E-state index is 0.160. The number of carbonyl (C=O) groups is 1. The quantitative estimate of drug-likeness (QED) is 0.342. The molecule has 140 valence electrons. The maximum atomic E-state index is 12.6. The highest BCUT2D eigenvalue weighted by Crippen LogP contribution is 2.27. The number of pyridine rings is 1. The van der Waals surface area contributed by atoms with Gasteiger partial charge in [0.1, 0.15) is 5.75 Å². The van der Waals surface area contributed by atoms with Crippen molar-refractivity contribution in [1.82, 2.24) is 10.3 Å². The summed E-state index contributed by atoms with van der Waals surface area (Å²) in [6.45, 7) is 5.86. The molecule has 0 saturated carbocycles. The van der Waals surface area contributed by atoms with Gasteiger partial charge in [0.05, 0.1) is 12.1 Å². The van der Waals surface area contributed by atoms with Crippen LogP contribution in [0, 0.1) is 15.4 Å². The molecular weight excluding hydrogens is 465 g/mol. The van der Waals surface area contributed by atoms with Crippen molar-refractivity contribution in [2.24, 2.45) is 5.18 Å². The number of benzene rings is 1. The summed E-state index contributed by atoms with van der Waals surface area (Å²) >= 11 is 3.53. The van der Waals surface area contributed by atoms with E-state index in [1.165, 1.54) is 11.8 Å². The first-order valence-corrected chi connectivity index (χ1v) is 10.5. The molecule has 2 aromatic rings. The summed E-state index contributed by atoms with van der Waals surface area (Å²) in [5, 5.41) is 6.76. The molecule has 0 fully saturated rings. The van der Waals surface area contributed by atoms with Crippen molar-refractivity contribution in [3.8, 4) is 5.75 Å². The molecular formula is C18H22IN3O3S. The van der Waals surface area contributed by atoms with Crippen LogP contribution in [-0.4, -0.2) is 34.7 Å². The highest BCUT2D eigenvalue weighted by atomic mass is 127. The molecule has 1 aromatic carbocycles. The van der Waals surface area contributed by atoms with E-state index in [0.717, 1.165) is 20.0 Å². The van der Waals surface area contributed by atoms with Crippen molar-refractivity contribution in [3.05, 3.63) is 38.4 Å². The van der Waals surface area contributed by atoms with E-state index in [4.69, 9.17) is 4.74 Å². The van der Waals surface area contributed by atoms with Crippen molar-refractivity contribution < 1.29 is 9.53 Å². The number of nitroso groups, excluding NO2 is 1. The van der Waals surface area contributed by atoms with E-state index in [0.29, 0.717) is 12.2 Å². The average Bonchev–Trinajstić information content (AvgIpc) is 2.57. The SMILES string of the molecule is CSC(Oc1cc(C)c2ncc(I)cc2c1)C(=O)NC(C)(C)CCN=O. The smallest absolute Gasteiger partial charge is 0.272 e. The molecule has 26 heavy (non-hydrogen) atoms. The number of rotatable bonds is 8. The van der Waals surface area contributed by atoms with E-state index in [1.54, 1.807) is 0 Å². The lowest BCUT2D eigenvalue weighted by Gasteiger charge is -2.27. The molecule has 1 amide bonds. The lowest BCUT2D eigenvalue weighted by molar-refractivity contribution is -0.126. The third kappa shape index (κ3) is 5.54. The minimum Gasteiger partial charge on any atom is -0.470 e. The molecule has 1 aromatic heterocycles. The van der Waals surface area contributed by atoms with E-state index < -0.39 is 11.0 Å². The first-order valence-electron chi connectivity index (χ1n) is 8.12. The molecule has 1 N–H and O–H groups in total. The molecule has 0 aliphatic heterocycles. The van der Waals surface area contributed by atoms with Gasteiger partial charge in [0.2, 0.25) is 5.44 Å². The number of carbonyl (C=O) groups excluding carboxylic acids is 1. The van der Waals surface area contributed by atoms with Gasteiger partial charge in [-0.1, -0.05) is 5.18 Å². The standard InChI is InChI=1S/C18H22IN3O3S/c1-11-7-14(9-12-8-13(19)10-20-15(11)12)25-17(26-4)16(23)22-18(2,3)5-6-21-24/h7-10,17H,5-6H2,1-4H3,(H,22,23). The predicted octanol–water partition coefficient (Wildman–Crippen LogP) is 4.27. The van der Waals surface area contributed by atoms with Crippen LogP contribution in [0.3, 0.4) is 0 Å². The summed E-state index contributed by atoms with van der Waals surface area (Å²) in [5.41, 5.74) is 0.699. The van der Waals surface area contributed by atoms with Crippen LogP contribution < -0.4 is 10.1 Å². The zero-order valence-corrected chi connectivity index (χ0v) is 18.2. The van der Waals surface area contributed by atoms with Gasteiger partial charge in [-0.25, -0.2) is 0 Å². The third-order valence-corrected chi connectivity index (χ3v) is 5.20. The maximum absolute atomic E-state index is 12.6. The van der Waals surface area contributed by atoms with Gasteiger partial charge in [0, 0.05) is 20.7 Å². The first kappa shape index (κ1) is 20.9. The molecule has 1 heterocycles. The molecule has 1 unspecified atom stereocenters. The van der Waals surface area contributed by atoms with Crippen LogP contribution in [0.1, 0.15) is 25.8 Å². The molecule has 1 atom stereocenters. The van der Waals surface area contributed by atoms with Gasteiger partial charge in [0.15, 0.2) is 0 Å². The zero-order chi connectivity index (χ0) is 19.3. The van der Waals surface area contributed by atoms with E-state index >= 15 is 0 Å². The summed E-state index contributed by atoms with van der Waals surface area (Å²) in [7, 11) is 0. The van der Waals surface area contributed by atoms with Crippen LogP contribution in [0.15, 0.2) is 29.6 Å². The fraction of sp³-hybridized carbons (Fsp3) is 0.444. The van der Waals surface area contributed by atoms with Crippen molar-refractivity contribution in [1.29, 1.82) is 0 Å². The Hall–Kier alpha value is -1.42. The number of aryl methyl sites for hydroxylation is 1. The normalized spacial score (nSPS) is 12.7. The Morgan fingerprint density at radius 2 is 2.15 bits per heavy atom. The second kappa shape index (κ2) is 8.98. The summed E-state index contributed by atoms with van der Waals surface area (Å²) in [5.74, 6) is 0.396. The molecule has 8 heteroatoms. The number of hydrogen-bond donors (Lipinski definition) is 1. The number of nitrogens with one attached hydrogen (secondary N) is 1. The largest absolute Gasteiger partial charge is 0.470 e. The van der Waals surface area contributed by atoms with E-state index in [9.17, 15) is 9.70 Å². The number of amides is 1. The Bertz CT molecular complexity index is 814. The Morgan fingerprint density at radius 3 is 2.81 bits per heavy atom. The van der Waals surface area contributed by atoms with Crippen LogP contribution >= 0.6 is 34.4 Å². The molecule has 0 aliphatic rings. The Balaban J connectivity index is 2.17. The second-order valence-electron chi connectivity index (χ2n) is 6.63. The van der Waals surface area contributed by atoms with Crippen molar-refractivity contribution in [2.75, 3.05) is 12.8 Å². The van der Waals surface area contributed by atoms with Gasteiger partial charge in [-0.2, -0.15) is 4.91 Å². The van der Waals surface area contributed by atoms with Crippen LogP contribution in [0.5, 0.6) is 5.75 Å². The van der Waals surface area contributed by atoms with Gasteiger partial charge in [-0.05, 0) is 79.8 Å². The molecule has 2 rings (SSSR count). The first-order chi connectivity index (χ1) is 12.3. The van der Waals surface area contributed by atoms with Crippen LogP contribution in [0.2, 0.25) is 0 Å². The van der Waals surface area contributed by atoms with Crippen LogP contribution in [0.4, 0.5) is 0 Å². The van der Waals surface area contributed by atoms with E-state index in [2.05, 4.69) is 38.1 Å². The fourth-order valence-corrected chi connectivity index (χ4v) is 3.51. The second-order valence-corrected chi connectivity index (χ2v) is 8.77. The number of aromatic nitrogens is 1. The average molecular weight is 487 g/mol.